The molecule has 0 heterocycles. The van der Waals surface area contributed by atoms with Crippen LogP contribution in [-0.4, -0.2) is 17.3 Å². The van der Waals surface area contributed by atoms with Crippen molar-refractivity contribution in [1.29, 1.82) is 5.26 Å². The van der Waals surface area contributed by atoms with E-state index in [0.717, 1.165) is 0 Å². The number of carbonyl (C=O) groups excluding carboxylic acids is 1. The number of carbonyl (C=O) groups is 1. The van der Waals surface area contributed by atoms with Gasteiger partial charge in [-0.25, -0.2) is 4.99 Å². The van der Waals surface area contributed by atoms with Crippen molar-refractivity contribution in [1.82, 2.24) is 5.32 Å². The molecule has 0 saturated heterocycles. The Balaban J connectivity index is 2.23. The molecule has 2 aromatic carbocycles. The lowest BCUT2D eigenvalue weighted by molar-refractivity contribution is -0.114. The van der Waals surface area contributed by atoms with Gasteiger partial charge >= 0.3 is 0 Å². The van der Waals surface area contributed by atoms with E-state index in [1.165, 1.54) is 18.7 Å². The summed E-state index contributed by atoms with van der Waals surface area (Å²) in [6.45, 7) is 1.43. The fourth-order valence-electron chi connectivity index (χ4n) is 1.93. The molecular formula is C17H14Cl2N4O2S. The molecule has 2 aromatic rings. The Kier molecular flexibility index (Phi) is 7.16. The standard InChI is InChI=1S/C17H14Cl2N4O2S/c1-10(24)22-11-3-5-13(6-4-11)25-16-14(18)7-12(8-15(16)19)23-17(26-2)21-9-20/h3-8H,1-2H3,(H,21,23)(H,22,24). The van der Waals surface area contributed by atoms with Gasteiger partial charge in [0.1, 0.15) is 5.75 Å². The summed E-state index contributed by atoms with van der Waals surface area (Å²) in [6.07, 6.45) is 3.60. The van der Waals surface area contributed by atoms with E-state index in [9.17, 15) is 4.79 Å². The predicted molar refractivity (Wildman–Crippen MR) is 107 cm³/mol. The Hall–Kier alpha value is -2.40. The summed E-state index contributed by atoms with van der Waals surface area (Å²) in [4.78, 5) is 15.3. The van der Waals surface area contributed by atoms with Crippen LogP contribution in [-0.2, 0) is 4.79 Å². The van der Waals surface area contributed by atoms with Crippen molar-refractivity contribution in [3.05, 3.63) is 46.4 Å². The first-order valence-corrected chi connectivity index (χ1v) is 9.23. The highest BCUT2D eigenvalue weighted by molar-refractivity contribution is 8.13. The van der Waals surface area contributed by atoms with Crippen molar-refractivity contribution < 1.29 is 9.53 Å². The molecule has 0 aromatic heterocycles. The van der Waals surface area contributed by atoms with Gasteiger partial charge in [-0.2, -0.15) is 5.26 Å². The molecule has 2 rings (SSSR count). The van der Waals surface area contributed by atoms with Crippen molar-refractivity contribution in [2.45, 2.75) is 6.92 Å². The second-order valence-electron chi connectivity index (χ2n) is 4.90. The fourth-order valence-corrected chi connectivity index (χ4v) is 2.82. The molecule has 0 atom stereocenters. The van der Waals surface area contributed by atoms with Gasteiger partial charge in [0.25, 0.3) is 0 Å². The third kappa shape index (κ3) is 5.56. The lowest BCUT2D eigenvalue weighted by Crippen LogP contribution is -2.12. The highest BCUT2D eigenvalue weighted by Gasteiger charge is 2.12. The highest BCUT2D eigenvalue weighted by Crippen LogP contribution is 2.39. The van der Waals surface area contributed by atoms with Gasteiger partial charge in [0.15, 0.2) is 17.1 Å². The number of nitriles is 1. The third-order valence-electron chi connectivity index (χ3n) is 2.96. The largest absolute Gasteiger partial charge is 0.454 e. The molecule has 0 saturated carbocycles. The lowest BCUT2D eigenvalue weighted by atomic mass is 10.3. The van der Waals surface area contributed by atoms with Crippen molar-refractivity contribution in [3.63, 3.8) is 0 Å². The number of hydrogen-bond acceptors (Lipinski definition) is 5. The number of nitrogens with one attached hydrogen (secondary N) is 2. The average molecular weight is 409 g/mol. The molecule has 6 nitrogen and oxygen atoms in total. The summed E-state index contributed by atoms with van der Waals surface area (Å²) in [5.41, 5.74) is 1.14. The summed E-state index contributed by atoms with van der Waals surface area (Å²) < 4.78 is 5.74. The molecule has 134 valence electrons. The maximum atomic E-state index is 11.0. The van der Waals surface area contributed by atoms with Crippen molar-refractivity contribution >= 4 is 57.4 Å². The number of halogens is 2. The van der Waals surface area contributed by atoms with E-state index in [0.29, 0.717) is 28.0 Å². The topological polar surface area (TPSA) is 86.5 Å². The molecule has 0 aliphatic heterocycles. The zero-order valence-electron chi connectivity index (χ0n) is 13.8. The van der Waals surface area contributed by atoms with Crippen LogP contribution in [0.4, 0.5) is 11.4 Å². The Labute approximate surface area is 165 Å². The quantitative estimate of drug-likeness (QED) is 0.315. The van der Waals surface area contributed by atoms with Crippen LogP contribution in [0, 0.1) is 11.5 Å². The predicted octanol–water partition coefficient (Wildman–Crippen LogP) is 5.17. The van der Waals surface area contributed by atoms with Crippen LogP contribution in [0.2, 0.25) is 10.0 Å². The molecule has 0 unspecified atom stereocenters. The summed E-state index contributed by atoms with van der Waals surface area (Å²) in [5, 5.41) is 14.8. The van der Waals surface area contributed by atoms with Gasteiger partial charge in [0.05, 0.1) is 15.7 Å². The number of thioether (sulfide) groups is 1. The summed E-state index contributed by atoms with van der Waals surface area (Å²) >= 11 is 13.8. The van der Waals surface area contributed by atoms with E-state index in [4.69, 9.17) is 33.2 Å². The van der Waals surface area contributed by atoms with Gasteiger partial charge in [-0.3, -0.25) is 10.1 Å². The van der Waals surface area contributed by atoms with Gasteiger partial charge in [0.2, 0.25) is 5.91 Å². The first-order chi connectivity index (χ1) is 12.4. The van der Waals surface area contributed by atoms with Crippen LogP contribution in [0.25, 0.3) is 0 Å². The molecule has 2 N–H and O–H groups in total. The smallest absolute Gasteiger partial charge is 0.221 e. The van der Waals surface area contributed by atoms with Crippen LogP contribution >= 0.6 is 35.0 Å². The summed E-state index contributed by atoms with van der Waals surface area (Å²) in [7, 11) is 0. The van der Waals surface area contributed by atoms with E-state index in [-0.39, 0.29) is 16.0 Å². The maximum absolute atomic E-state index is 11.0. The molecular weight excluding hydrogens is 395 g/mol. The van der Waals surface area contributed by atoms with Crippen LogP contribution < -0.4 is 15.4 Å². The minimum absolute atomic E-state index is 0.156. The van der Waals surface area contributed by atoms with Gasteiger partial charge in [-0.15, -0.1) is 0 Å². The molecule has 1 amide bonds. The second kappa shape index (κ2) is 9.34. The molecule has 0 radical (unpaired) electrons. The Morgan fingerprint density at radius 1 is 1.23 bits per heavy atom. The van der Waals surface area contributed by atoms with Crippen molar-refractivity contribution in [2.24, 2.45) is 4.99 Å². The zero-order chi connectivity index (χ0) is 19.1. The fraction of sp³-hybridized carbons (Fsp3) is 0.118. The van der Waals surface area contributed by atoms with Gasteiger partial charge in [-0.1, -0.05) is 35.0 Å². The normalized spacial score (nSPS) is 10.8. The molecule has 9 heteroatoms. The molecule has 0 bridgehead atoms. The van der Waals surface area contributed by atoms with Crippen LogP contribution in [0.5, 0.6) is 11.5 Å². The second-order valence-corrected chi connectivity index (χ2v) is 6.51. The first kappa shape index (κ1) is 19.9. The number of benzene rings is 2. The number of hydrogen-bond donors (Lipinski definition) is 2. The summed E-state index contributed by atoms with van der Waals surface area (Å²) in [5.74, 6) is 0.644. The Morgan fingerprint density at radius 3 is 2.35 bits per heavy atom. The Morgan fingerprint density at radius 2 is 1.85 bits per heavy atom. The van der Waals surface area contributed by atoms with Crippen LogP contribution in [0.3, 0.4) is 0 Å². The average Bonchev–Trinajstić information content (AvgIpc) is 2.58. The molecule has 0 spiro atoms. The number of amides is 1. The van der Waals surface area contributed by atoms with Crippen LogP contribution in [0.1, 0.15) is 6.92 Å². The summed E-state index contributed by atoms with van der Waals surface area (Å²) in [6, 6.07) is 9.96. The Bertz CT molecular complexity index is 856. The number of amidine groups is 1. The number of ether oxygens (including phenoxy) is 1. The number of anilines is 1. The van der Waals surface area contributed by atoms with Crippen LogP contribution in [0.15, 0.2) is 41.4 Å². The van der Waals surface area contributed by atoms with E-state index in [1.54, 1.807) is 42.7 Å². The molecule has 0 aliphatic rings. The number of nitrogens with zero attached hydrogens (tertiary/aromatic N) is 2. The van der Waals surface area contributed by atoms with Gasteiger partial charge in [0, 0.05) is 12.6 Å². The highest BCUT2D eigenvalue weighted by atomic mass is 35.5. The van der Waals surface area contributed by atoms with Crippen molar-refractivity contribution in [2.75, 3.05) is 11.6 Å². The monoisotopic (exact) mass is 408 g/mol. The molecule has 0 aliphatic carbocycles. The molecule has 0 fully saturated rings. The third-order valence-corrected chi connectivity index (χ3v) is 4.11. The minimum Gasteiger partial charge on any atom is -0.454 e. The van der Waals surface area contributed by atoms with E-state index < -0.39 is 0 Å². The number of rotatable bonds is 4. The maximum Gasteiger partial charge on any atom is 0.221 e. The van der Waals surface area contributed by atoms with Crippen molar-refractivity contribution in [3.8, 4) is 17.7 Å². The van der Waals surface area contributed by atoms with E-state index >= 15 is 0 Å². The molecule has 26 heavy (non-hydrogen) atoms. The SMILES string of the molecule is CSC(=Nc1cc(Cl)c(Oc2ccc(NC(C)=O)cc2)c(Cl)c1)NC#N. The van der Waals surface area contributed by atoms with E-state index in [1.807, 2.05) is 6.19 Å². The minimum atomic E-state index is -0.156. The number of aliphatic imine (C=N–C) groups is 1. The van der Waals surface area contributed by atoms with Gasteiger partial charge in [-0.05, 0) is 42.7 Å². The zero-order valence-corrected chi connectivity index (χ0v) is 16.2. The lowest BCUT2D eigenvalue weighted by Gasteiger charge is -2.11. The van der Waals surface area contributed by atoms with Gasteiger partial charge < -0.3 is 10.1 Å². The van der Waals surface area contributed by atoms with E-state index in [2.05, 4.69) is 15.6 Å². The first-order valence-electron chi connectivity index (χ1n) is 7.25.